The quantitative estimate of drug-likeness (QED) is 0.545. The molecule has 6 nitrogen and oxygen atoms in total. The molecule has 0 N–H and O–H groups in total. The Bertz CT molecular complexity index is 735. The number of hydrogen-bond donors (Lipinski definition) is 0. The van der Waals surface area contributed by atoms with Gasteiger partial charge in [-0.15, -0.1) is 11.3 Å². The number of hydrogen-bond acceptors (Lipinski definition) is 6. The van der Waals surface area contributed by atoms with Crippen LogP contribution >= 0.6 is 11.3 Å². The molecule has 0 spiro atoms. The molecule has 0 radical (unpaired) electrons. The first-order chi connectivity index (χ1) is 11.1. The van der Waals surface area contributed by atoms with Gasteiger partial charge in [0.15, 0.2) is 0 Å². The van der Waals surface area contributed by atoms with Gasteiger partial charge in [-0.3, -0.25) is 14.2 Å². The summed E-state index contributed by atoms with van der Waals surface area (Å²) in [4.78, 5) is 30.7. The highest BCUT2D eigenvalue weighted by Crippen LogP contribution is 2.21. The van der Waals surface area contributed by atoms with Gasteiger partial charge in [0.05, 0.1) is 12.0 Å². The molecule has 0 saturated heterocycles. The lowest BCUT2D eigenvalue weighted by Gasteiger charge is -2.09. The number of carbonyl (C=O) groups is 1. The third kappa shape index (κ3) is 4.39. The average molecular weight is 338 g/mol. The molecule has 0 atom stereocenters. The number of aryl methyl sites for hydroxylation is 2. The van der Waals surface area contributed by atoms with Gasteiger partial charge in [-0.05, 0) is 25.8 Å². The van der Waals surface area contributed by atoms with E-state index in [1.54, 1.807) is 6.92 Å². The molecular formula is C16H22N2O4S. The fourth-order valence-electron chi connectivity index (χ4n) is 2.16. The molecule has 2 heterocycles. The zero-order valence-electron chi connectivity index (χ0n) is 13.8. The van der Waals surface area contributed by atoms with Crippen molar-refractivity contribution in [2.45, 2.75) is 40.2 Å². The molecule has 0 amide bonds. The van der Waals surface area contributed by atoms with Crippen LogP contribution in [0.3, 0.4) is 0 Å². The monoisotopic (exact) mass is 338 g/mol. The Morgan fingerprint density at radius 2 is 2.09 bits per heavy atom. The van der Waals surface area contributed by atoms with Gasteiger partial charge in [-0.1, -0.05) is 13.8 Å². The third-order valence-corrected chi connectivity index (χ3v) is 4.54. The first-order valence-electron chi connectivity index (χ1n) is 7.80. The molecule has 0 unspecified atom stereocenters. The van der Waals surface area contributed by atoms with E-state index in [0.717, 1.165) is 22.5 Å². The van der Waals surface area contributed by atoms with E-state index in [0.29, 0.717) is 24.4 Å². The maximum atomic E-state index is 12.5. The van der Waals surface area contributed by atoms with Crippen LogP contribution in [0.2, 0.25) is 0 Å². The number of fused-ring (bicyclic) bond motifs is 1. The van der Waals surface area contributed by atoms with Crippen LogP contribution in [0.25, 0.3) is 10.2 Å². The van der Waals surface area contributed by atoms with Crippen LogP contribution in [-0.4, -0.2) is 35.3 Å². The standard InChI is InChI=1S/C16H22N2O4S/c1-4-6-21-7-8-22-14(19)10-18-11(3)17-15-13(16(18)20)9-12(5-2)23-15/h9H,4-8,10H2,1-3H3. The zero-order valence-corrected chi connectivity index (χ0v) is 14.6. The molecule has 0 aromatic carbocycles. The SMILES string of the molecule is CCCOCCOC(=O)Cn1c(C)nc2sc(CC)cc2c1=O. The minimum atomic E-state index is -0.456. The highest BCUT2D eigenvalue weighted by Gasteiger charge is 2.14. The molecule has 2 rings (SSSR count). The lowest BCUT2D eigenvalue weighted by molar-refractivity contribution is -0.146. The Kier molecular flexibility index (Phi) is 6.29. The van der Waals surface area contributed by atoms with Crippen LogP contribution in [0, 0.1) is 6.92 Å². The summed E-state index contributed by atoms with van der Waals surface area (Å²) in [5, 5.41) is 0.566. The van der Waals surface area contributed by atoms with Gasteiger partial charge in [-0.2, -0.15) is 0 Å². The van der Waals surface area contributed by atoms with Gasteiger partial charge in [0.1, 0.15) is 23.8 Å². The van der Waals surface area contributed by atoms with Crippen LogP contribution in [-0.2, 0) is 27.2 Å². The summed E-state index contributed by atoms with van der Waals surface area (Å²) in [6.45, 7) is 6.86. The van der Waals surface area contributed by atoms with Crippen LogP contribution in [0.15, 0.2) is 10.9 Å². The van der Waals surface area contributed by atoms with E-state index < -0.39 is 5.97 Å². The summed E-state index contributed by atoms with van der Waals surface area (Å²) < 4.78 is 11.7. The molecule has 0 aliphatic rings. The van der Waals surface area contributed by atoms with Crippen LogP contribution in [0.4, 0.5) is 0 Å². The van der Waals surface area contributed by atoms with Crippen LogP contribution < -0.4 is 5.56 Å². The van der Waals surface area contributed by atoms with Crippen molar-refractivity contribution in [3.8, 4) is 0 Å². The molecular weight excluding hydrogens is 316 g/mol. The summed E-state index contributed by atoms with van der Waals surface area (Å²) in [5.74, 6) is 0.0635. The Morgan fingerprint density at radius 1 is 1.30 bits per heavy atom. The number of rotatable bonds is 8. The second-order valence-corrected chi connectivity index (χ2v) is 6.28. The number of ether oxygens (including phenoxy) is 2. The van der Waals surface area contributed by atoms with Gasteiger partial charge in [0.25, 0.3) is 5.56 Å². The Balaban J connectivity index is 2.07. The molecule has 23 heavy (non-hydrogen) atoms. The second kappa shape index (κ2) is 8.21. The second-order valence-electron chi connectivity index (χ2n) is 5.17. The molecule has 0 bridgehead atoms. The average Bonchev–Trinajstić information content (AvgIpc) is 2.94. The minimum Gasteiger partial charge on any atom is -0.462 e. The molecule has 0 saturated carbocycles. The third-order valence-electron chi connectivity index (χ3n) is 3.37. The molecule has 126 valence electrons. The lowest BCUT2D eigenvalue weighted by atomic mass is 10.3. The maximum absolute atomic E-state index is 12.5. The number of carbonyl (C=O) groups excluding carboxylic acids is 1. The smallest absolute Gasteiger partial charge is 0.326 e. The van der Waals surface area contributed by atoms with Crippen molar-refractivity contribution >= 4 is 27.5 Å². The maximum Gasteiger partial charge on any atom is 0.326 e. The van der Waals surface area contributed by atoms with Crippen LogP contribution in [0.5, 0.6) is 0 Å². The van der Waals surface area contributed by atoms with Gasteiger partial charge in [0, 0.05) is 11.5 Å². The normalized spacial score (nSPS) is 11.1. The summed E-state index contributed by atoms with van der Waals surface area (Å²) in [7, 11) is 0. The Labute approximate surface area is 139 Å². The highest BCUT2D eigenvalue weighted by molar-refractivity contribution is 7.18. The fraction of sp³-hybridized carbons (Fsp3) is 0.562. The predicted octanol–water partition coefficient (Wildman–Crippen LogP) is 2.30. The van der Waals surface area contributed by atoms with Gasteiger partial charge >= 0.3 is 5.97 Å². The summed E-state index contributed by atoms with van der Waals surface area (Å²) >= 11 is 1.52. The predicted molar refractivity (Wildman–Crippen MR) is 90.1 cm³/mol. The van der Waals surface area contributed by atoms with E-state index >= 15 is 0 Å². The van der Waals surface area contributed by atoms with Crippen molar-refractivity contribution in [3.63, 3.8) is 0 Å². The topological polar surface area (TPSA) is 70.4 Å². The molecule has 0 aliphatic carbocycles. The van der Waals surface area contributed by atoms with E-state index in [9.17, 15) is 9.59 Å². The number of esters is 1. The van der Waals surface area contributed by atoms with Gasteiger partial charge < -0.3 is 9.47 Å². The highest BCUT2D eigenvalue weighted by atomic mass is 32.1. The Hall–Kier alpha value is -1.73. The fourth-order valence-corrected chi connectivity index (χ4v) is 3.17. The first-order valence-corrected chi connectivity index (χ1v) is 8.61. The van der Waals surface area contributed by atoms with Gasteiger partial charge in [-0.25, -0.2) is 4.98 Å². The first kappa shape index (κ1) is 17.6. The Morgan fingerprint density at radius 3 is 2.78 bits per heavy atom. The molecule has 2 aromatic rings. The van der Waals surface area contributed by atoms with Crippen molar-refractivity contribution in [2.75, 3.05) is 19.8 Å². The summed E-state index contributed by atoms with van der Waals surface area (Å²) in [5.41, 5.74) is -0.192. The molecule has 0 aliphatic heterocycles. The molecule has 7 heteroatoms. The zero-order chi connectivity index (χ0) is 16.8. The summed E-state index contributed by atoms with van der Waals surface area (Å²) in [6, 6.07) is 1.86. The number of nitrogens with zero attached hydrogens (tertiary/aromatic N) is 2. The van der Waals surface area contributed by atoms with E-state index in [-0.39, 0.29) is 18.7 Å². The number of aromatic nitrogens is 2. The van der Waals surface area contributed by atoms with Crippen molar-refractivity contribution in [1.82, 2.24) is 9.55 Å². The van der Waals surface area contributed by atoms with E-state index in [4.69, 9.17) is 9.47 Å². The van der Waals surface area contributed by atoms with Crippen LogP contribution in [0.1, 0.15) is 31.0 Å². The largest absolute Gasteiger partial charge is 0.462 e. The van der Waals surface area contributed by atoms with E-state index in [1.807, 2.05) is 19.9 Å². The van der Waals surface area contributed by atoms with Crippen molar-refractivity contribution < 1.29 is 14.3 Å². The minimum absolute atomic E-state index is 0.126. The van der Waals surface area contributed by atoms with Crippen molar-refractivity contribution in [3.05, 3.63) is 27.1 Å². The van der Waals surface area contributed by atoms with E-state index in [1.165, 1.54) is 15.9 Å². The number of thiophene rings is 1. The lowest BCUT2D eigenvalue weighted by Crippen LogP contribution is -2.28. The molecule has 2 aromatic heterocycles. The summed E-state index contributed by atoms with van der Waals surface area (Å²) in [6.07, 6.45) is 1.79. The van der Waals surface area contributed by atoms with Gasteiger partial charge in [0.2, 0.25) is 0 Å². The molecule has 0 fully saturated rings. The van der Waals surface area contributed by atoms with E-state index in [2.05, 4.69) is 4.98 Å². The van der Waals surface area contributed by atoms with Crippen molar-refractivity contribution in [1.29, 1.82) is 0 Å². The van der Waals surface area contributed by atoms with Crippen molar-refractivity contribution in [2.24, 2.45) is 0 Å².